The molecule has 1 aromatic heterocycles. The number of rotatable bonds is 9. The van der Waals surface area contributed by atoms with E-state index in [1.807, 2.05) is 17.5 Å². The molecular weight excluding hydrogens is 334 g/mol. The van der Waals surface area contributed by atoms with Crippen molar-refractivity contribution in [3.63, 3.8) is 0 Å². The summed E-state index contributed by atoms with van der Waals surface area (Å²) in [6, 6.07) is 12.5. The van der Waals surface area contributed by atoms with Gasteiger partial charge in [0.2, 0.25) is 11.8 Å². The number of amides is 2. The second-order valence-electron chi connectivity index (χ2n) is 6.41. The van der Waals surface area contributed by atoms with E-state index in [1.165, 1.54) is 5.56 Å². The summed E-state index contributed by atoms with van der Waals surface area (Å²) in [5, 5.41) is 7.78. The first-order chi connectivity index (χ1) is 12.0. The van der Waals surface area contributed by atoms with Crippen molar-refractivity contribution in [1.82, 2.24) is 10.6 Å². The second-order valence-corrected chi connectivity index (χ2v) is 7.39. The van der Waals surface area contributed by atoms with E-state index in [0.717, 1.165) is 16.9 Å². The topological polar surface area (TPSA) is 84.2 Å². The number of nitrogens with two attached hydrogens (primary N) is 1. The van der Waals surface area contributed by atoms with Crippen molar-refractivity contribution in [1.29, 1.82) is 0 Å². The van der Waals surface area contributed by atoms with Gasteiger partial charge in [-0.3, -0.25) is 14.9 Å². The van der Waals surface area contributed by atoms with Crippen LogP contribution in [0.25, 0.3) is 0 Å². The normalized spacial score (nSPS) is 12.1. The van der Waals surface area contributed by atoms with Gasteiger partial charge in [-0.25, -0.2) is 0 Å². The van der Waals surface area contributed by atoms with E-state index in [0.29, 0.717) is 5.92 Å². The Labute approximate surface area is 152 Å². The van der Waals surface area contributed by atoms with E-state index >= 15 is 0 Å². The molecule has 0 radical (unpaired) electrons. The third-order valence-electron chi connectivity index (χ3n) is 3.71. The van der Waals surface area contributed by atoms with Crippen molar-refractivity contribution in [2.75, 3.05) is 13.1 Å². The highest BCUT2D eigenvalue weighted by atomic mass is 32.1. The van der Waals surface area contributed by atoms with E-state index in [-0.39, 0.29) is 25.0 Å². The molecule has 0 aliphatic rings. The van der Waals surface area contributed by atoms with Gasteiger partial charge in [0.05, 0.1) is 19.1 Å². The van der Waals surface area contributed by atoms with Gasteiger partial charge in [0.25, 0.3) is 0 Å². The fraction of sp³-hybridized carbons (Fsp3) is 0.368. The number of hydrogen-bond donors (Lipinski definition) is 3. The number of carbonyl (C=O) groups is 2. The standard InChI is InChI=1S/C19H25N3O2S/c1-13(2)10-14-5-7-15(8-6-14)19(16-4-3-9-25-16)22-12-18(24)21-11-17(20)23/h3-9,13,19,22H,10-12H2,1-2H3,(H2,20,23)(H,21,24)/t19-/m0/s1. The Balaban J connectivity index is 2.06. The van der Waals surface area contributed by atoms with Crippen LogP contribution < -0.4 is 16.4 Å². The molecule has 4 N–H and O–H groups in total. The minimum Gasteiger partial charge on any atom is -0.368 e. The van der Waals surface area contributed by atoms with E-state index < -0.39 is 5.91 Å². The number of carbonyl (C=O) groups excluding carboxylic acids is 2. The summed E-state index contributed by atoms with van der Waals surface area (Å²) in [5.74, 6) is -0.188. The van der Waals surface area contributed by atoms with Crippen LogP contribution >= 0.6 is 11.3 Å². The SMILES string of the molecule is CC(C)Cc1ccc([C@H](NCC(=O)NCC(N)=O)c2cccs2)cc1. The highest BCUT2D eigenvalue weighted by molar-refractivity contribution is 7.10. The van der Waals surface area contributed by atoms with Crippen LogP contribution in [0.3, 0.4) is 0 Å². The van der Waals surface area contributed by atoms with Gasteiger partial charge in [-0.05, 0) is 34.9 Å². The summed E-state index contributed by atoms with van der Waals surface area (Å²) in [4.78, 5) is 23.7. The average Bonchev–Trinajstić information content (AvgIpc) is 3.08. The summed E-state index contributed by atoms with van der Waals surface area (Å²) in [6.45, 7) is 4.38. The quantitative estimate of drug-likeness (QED) is 0.642. The maximum Gasteiger partial charge on any atom is 0.236 e. The summed E-state index contributed by atoms with van der Waals surface area (Å²) in [6.07, 6.45) is 1.05. The lowest BCUT2D eigenvalue weighted by molar-refractivity contribution is -0.124. The Morgan fingerprint density at radius 1 is 1.12 bits per heavy atom. The van der Waals surface area contributed by atoms with Crippen LogP contribution in [0.5, 0.6) is 0 Å². The van der Waals surface area contributed by atoms with E-state index in [9.17, 15) is 9.59 Å². The smallest absolute Gasteiger partial charge is 0.236 e. The van der Waals surface area contributed by atoms with Crippen molar-refractivity contribution in [3.8, 4) is 0 Å². The van der Waals surface area contributed by atoms with Gasteiger partial charge in [0.1, 0.15) is 0 Å². The molecule has 0 saturated heterocycles. The Morgan fingerprint density at radius 2 is 1.84 bits per heavy atom. The molecule has 2 amide bonds. The molecular formula is C19H25N3O2S. The molecule has 134 valence electrons. The molecule has 2 rings (SSSR count). The Kier molecular flexibility index (Phi) is 7.16. The molecule has 0 aliphatic carbocycles. The van der Waals surface area contributed by atoms with Gasteiger partial charge in [-0.15, -0.1) is 11.3 Å². The molecule has 1 atom stereocenters. The predicted octanol–water partition coefficient (Wildman–Crippen LogP) is 2.23. The first-order valence-electron chi connectivity index (χ1n) is 8.36. The summed E-state index contributed by atoms with van der Waals surface area (Å²) >= 11 is 1.64. The van der Waals surface area contributed by atoms with Gasteiger partial charge in [0, 0.05) is 4.88 Å². The molecule has 0 bridgehead atoms. The maximum absolute atomic E-state index is 11.9. The lowest BCUT2D eigenvalue weighted by Gasteiger charge is -2.18. The monoisotopic (exact) mass is 359 g/mol. The van der Waals surface area contributed by atoms with Crippen molar-refractivity contribution < 1.29 is 9.59 Å². The molecule has 0 saturated carbocycles. The molecule has 1 heterocycles. The highest BCUT2D eigenvalue weighted by Gasteiger charge is 2.16. The number of thiophene rings is 1. The molecule has 25 heavy (non-hydrogen) atoms. The van der Waals surface area contributed by atoms with Crippen LogP contribution in [-0.2, 0) is 16.0 Å². The lowest BCUT2D eigenvalue weighted by atomic mass is 9.99. The largest absolute Gasteiger partial charge is 0.368 e. The second kappa shape index (κ2) is 9.34. The molecule has 0 fully saturated rings. The van der Waals surface area contributed by atoms with Crippen LogP contribution in [0.15, 0.2) is 41.8 Å². The van der Waals surface area contributed by atoms with Crippen molar-refractivity contribution >= 4 is 23.2 Å². The van der Waals surface area contributed by atoms with Gasteiger partial charge in [0.15, 0.2) is 0 Å². The Bertz CT molecular complexity index is 681. The van der Waals surface area contributed by atoms with E-state index in [2.05, 4.69) is 48.7 Å². The first-order valence-corrected chi connectivity index (χ1v) is 9.24. The molecule has 0 unspecified atom stereocenters. The zero-order valence-electron chi connectivity index (χ0n) is 14.6. The fourth-order valence-corrected chi connectivity index (χ4v) is 3.43. The van der Waals surface area contributed by atoms with E-state index in [1.54, 1.807) is 11.3 Å². The number of primary amides is 1. The highest BCUT2D eigenvalue weighted by Crippen LogP contribution is 2.26. The van der Waals surface area contributed by atoms with Crippen LogP contribution in [0.4, 0.5) is 0 Å². The van der Waals surface area contributed by atoms with Gasteiger partial charge < -0.3 is 11.1 Å². The summed E-state index contributed by atoms with van der Waals surface area (Å²) in [7, 11) is 0. The third kappa shape index (κ3) is 6.32. The summed E-state index contributed by atoms with van der Waals surface area (Å²) in [5.41, 5.74) is 7.46. The molecule has 6 heteroatoms. The van der Waals surface area contributed by atoms with Crippen molar-refractivity contribution in [2.45, 2.75) is 26.3 Å². The molecule has 1 aromatic carbocycles. The fourth-order valence-electron chi connectivity index (χ4n) is 2.60. The number of nitrogens with one attached hydrogen (secondary N) is 2. The van der Waals surface area contributed by atoms with Gasteiger partial charge in [-0.1, -0.05) is 44.2 Å². The Morgan fingerprint density at radius 3 is 2.40 bits per heavy atom. The molecule has 0 aliphatic heterocycles. The average molecular weight is 359 g/mol. The minimum absolute atomic E-state index is 0.0626. The zero-order chi connectivity index (χ0) is 18.2. The maximum atomic E-state index is 11.9. The molecule has 0 spiro atoms. The first kappa shape index (κ1) is 19.1. The van der Waals surface area contributed by atoms with Crippen molar-refractivity contribution in [3.05, 3.63) is 57.8 Å². The van der Waals surface area contributed by atoms with Crippen LogP contribution in [-0.4, -0.2) is 24.9 Å². The van der Waals surface area contributed by atoms with Crippen LogP contribution in [0.1, 0.15) is 35.9 Å². The van der Waals surface area contributed by atoms with E-state index in [4.69, 9.17) is 5.73 Å². The Hall–Kier alpha value is -2.18. The minimum atomic E-state index is -0.552. The lowest BCUT2D eigenvalue weighted by Crippen LogP contribution is -2.39. The number of benzene rings is 1. The molecule has 2 aromatic rings. The van der Waals surface area contributed by atoms with Crippen LogP contribution in [0.2, 0.25) is 0 Å². The predicted molar refractivity (Wildman–Crippen MR) is 101 cm³/mol. The number of hydrogen-bond acceptors (Lipinski definition) is 4. The summed E-state index contributed by atoms with van der Waals surface area (Å²) < 4.78 is 0. The van der Waals surface area contributed by atoms with Gasteiger partial charge in [-0.2, -0.15) is 0 Å². The van der Waals surface area contributed by atoms with Gasteiger partial charge >= 0.3 is 0 Å². The van der Waals surface area contributed by atoms with Crippen molar-refractivity contribution in [2.24, 2.45) is 11.7 Å². The zero-order valence-corrected chi connectivity index (χ0v) is 15.4. The third-order valence-corrected chi connectivity index (χ3v) is 4.65. The molecule has 5 nitrogen and oxygen atoms in total. The van der Waals surface area contributed by atoms with Crippen LogP contribution in [0, 0.1) is 5.92 Å².